The van der Waals surface area contributed by atoms with E-state index in [1.54, 1.807) is 38.1 Å². The molecule has 0 atom stereocenters. The van der Waals surface area contributed by atoms with Crippen LogP contribution in [0.15, 0.2) is 41.1 Å². The Hall–Kier alpha value is -2.69. The van der Waals surface area contributed by atoms with Crippen LogP contribution in [0.25, 0.3) is 0 Å². The lowest BCUT2D eigenvalue weighted by Crippen LogP contribution is -2.22. The van der Waals surface area contributed by atoms with Gasteiger partial charge >= 0.3 is 0 Å². The zero-order chi connectivity index (χ0) is 24.6. The number of allylic oxidation sites excluding steroid dienone is 1. The third-order valence-electron chi connectivity index (χ3n) is 4.47. The molecule has 178 valence electrons. The van der Waals surface area contributed by atoms with Crippen LogP contribution in [0.2, 0.25) is 0 Å². The molecule has 2 rings (SSSR count). The second kappa shape index (κ2) is 12.0. The minimum atomic E-state index is -3.70. The summed E-state index contributed by atoms with van der Waals surface area (Å²) in [5, 5.41) is -0.282. The SMILES string of the molecule is C=P(O)(O)OCC/C(SC(=O)c1cccc(OC)c1)=C(\C)N(C=O)Cc1cnc(C)nc1N. The first-order valence-corrected chi connectivity index (χ1v) is 12.3. The molecule has 0 aliphatic carbocycles. The molecule has 1 aromatic carbocycles. The number of thioether (sulfide) groups is 1. The standard InChI is InChI=1S/C21H27N4O6PS/c1-14(25(13-26)12-17-11-23-15(2)24-20(17)22)19(8-9-31-32(4,28)29)33-21(27)16-6-5-7-18(10-16)30-3/h5-7,10-11,13,28-29H,4,8-9,12H2,1-3H3,(H2,22,23,24)/b19-14-. The van der Waals surface area contributed by atoms with Gasteiger partial charge in [-0.05, 0) is 44.0 Å². The first kappa shape index (κ1) is 26.6. The van der Waals surface area contributed by atoms with Crippen LogP contribution in [-0.2, 0) is 15.9 Å². The van der Waals surface area contributed by atoms with Gasteiger partial charge in [-0.2, -0.15) is 0 Å². The fourth-order valence-electron chi connectivity index (χ4n) is 2.72. The fourth-order valence-corrected chi connectivity index (χ4v) is 4.03. The summed E-state index contributed by atoms with van der Waals surface area (Å²) in [6.45, 7) is 3.35. The van der Waals surface area contributed by atoms with Crippen molar-refractivity contribution in [3.8, 4) is 5.75 Å². The Morgan fingerprint density at radius 3 is 2.73 bits per heavy atom. The van der Waals surface area contributed by atoms with Gasteiger partial charge < -0.3 is 29.7 Å². The number of benzene rings is 1. The van der Waals surface area contributed by atoms with Crippen molar-refractivity contribution in [3.63, 3.8) is 0 Å². The van der Waals surface area contributed by atoms with E-state index < -0.39 is 7.57 Å². The number of nitrogen functional groups attached to an aromatic ring is 1. The van der Waals surface area contributed by atoms with Gasteiger partial charge in [0.15, 0.2) is 0 Å². The second-order valence-electron chi connectivity index (χ2n) is 6.94. The van der Waals surface area contributed by atoms with E-state index in [0.29, 0.717) is 39.7 Å². The van der Waals surface area contributed by atoms with Gasteiger partial charge in [0, 0.05) is 34.3 Å². The molecular formula is C21H27N4O6PS. The van der Waals surface area contributed by atoms with Crippen molar-refractivity contribution < 1.29 is 28.6 Å². The molecule has 0 saturated carbocycles. The van der Waals surface area contributed by atoms with Crippen LogP contribution < -0.4 is 10.5 Å². The maximum absolute atomic E-state index is 12.9. The first-order chi connectivity index (χ1) is 15.5. The molecule has 0 radical (unpaired) electrons. The number of aromatic nitrogens is 2. The smallest absolute Gasteiger partial charge is 0.245 e. The molecule has 0 aliphatic rings. The van der Waals surface area contributed by atoms with Crippen molar-refractivity contribution in [3.05, 3.63) is 58.0 Å². The Balaban J connectivity index is 2.33. The van der Waals surface area contributed by atoms with Gasteiger partial charge in [-0.15, -0.1) is 0 Å². The summed E-state index contributed by atoms with van der Waals surface area (Å²) in [6.07, 6.45) is 5.45. The summed E-state index contributed by atoms with van der Waals surface area (Å²) >= 11 is 0.907. The van der Waals surface area contributed by atoms with Crippen molar-refractivity contribution >= 4 is 43.0 Å². The third-order valence-corrected chi connectivity index (χ3v) is 6.23. The van der Waals surface area contributed by atoms with Gasteiger partial charge in [0.2, 0.25) is 19.1 Å². The van der Waals surface area contributed by atoms with E-state index >= 15 is 0 Å². The molecule has 2 aromatic rings. The molecule has 0 fully saturated rings. The molecule has 10 nitrogen and oxygen atoms in total. The fraction of sp³-hybridized carbons (Fsp3) is 0.286. The molecule has 12 heteroatoms. The van der Waals surface area contributed by atoms with Gasteiger partial charge in [-0.1, -0.05) is 12.1 Å². The number of carbonyl (C=O) groups excluding carboxylic acids is 2. The highest BCUT2D eigenvalue weighted by Gasteiger charge is 2.19. The molecule has 0 spiro atoms. The van der Waals surface area contributed by atoms with Gasteiger partial charge in [-0.3, -0.25) is 9.59 Å². The minimum Gasteiger partial charge on any atom is -0.497 e. The van der Waals surface area contributed by atoms with Crippen molar-refractivity contribution in [1.82, 2.24) is 14.9 Å². The number of hydrogen-bond acceptors (Lipinski definition) is 10. The predicted octanol–water partition coefficient (Wildman–Crippen LogP) is 2.73. The minimum absolute atomic E-state index is 0.0893. The van der Waals surface area contributed by atoms with Crippen LogP contribution in [0, 0.1) is 6.92 Å². The number of carbonyl (C=O) groups is 2. The average molecular weight is 495 g/mol. The topological polar surface area (TPSA) is 148 Å². The molecule has 0 saturated heterocycles. The molecule has 0 aliphatic heterocycles. The highest BCUT2D eigenvalue weighted by molar-refractivity contribution is 8.17. The van der Waals surface area contributed by atoms with Crippen LogP contribution in [0.5, 0.6) is 5.75 Å². The molecule has 0 unspecified atom stereocenters. The number of hydrogen-bond donors (Lipinski definition) is 3. The number of nitrogens with two attached hydrogens (primary N) is 1. The molecule has 0 bridgehead atoms. The molecule has 33 heavy (non-hydrogen) atoms. The van der Waals surface area contributed by atoms with E-state index in [9.17, 15) is 19.4 Å². The van der Waals surface area contributed by atoms with Crippen LogP contribution in [0.1, 0.15) is 35.1 Å². The van der Waals surface area contributed by atoms with E-state index in [0.717, 1.165) is 11.8 Å². The lowest BCUT2D eigenvalue weighted by Gasteiger charge is -2.22. The Labute approximate surface area is 196 Å². The molecule has 1 aromatic heterocycles. The summed E-state index contributed by atoms with van der Waals surface area (Å²) < 4.78 is 10.2. The third kappa shape index (κ3) is 8.30. The van der Waals surface area contributed by atoms with E-state index in [-0.39, 0.29) is 30.5 Å². The van der Waals surface area contributed by atoms with E-state index in [2.05, 4.69) is 16.3 Å². The van der Waals surface area contributed by atoms with Crippen LogP contribution in [0.4, 0.5) is 5.82 Å². The molecule has 1 heterocycles. The lowest BCUT2D eigenvalue weighted by molar-refractivity contribution is -0.116. The Morgan fingerprint density at radius 2 is 2.12 bits per heavy atom. The zero-order valence-electron chi connectivity index (χ0n) is 18.6. The maximum atomic E-state index is 12.9. The molecular weight excluding hydrogens is 467 g/mol. The van der Waals surface area contributed by atoms with Crippen molar-refractivity contribution in [2.75, 3.05) is 19.5 Å². The number of amides is 1. The average Bonchev–Trinajstić information content (AvgIpc) is 2.76. The summed E-state index contributed by atoms with van der Waals surface area (Å²) in [5.74, 6) is 1.29. The van der Waals surface area contributed by atoms with Crippen LogP contribution in [0.3, 0.4) is 0 Å². The van der Waals surface area contributed by atoms with Crippen molar-refractivity contribution in [2.45, 2.75) is 26.8 Å². The predicted molar refractivity (Wildman–Crippen MR) is 129 cm³/mol. The van der Waals surface area contributed by atoms with E-state index in [4.69, 9.17) is 15.0 Å². The quantitative estimate of drug-likeness (QED) is 0.314. The summed E-state index contributed by atoms with van der Waals surface area (Å²) in [6, 6.07) is 6.67. The highest BCUT2D eigenvalue weighted by atomic mass is 32.2. The van der Waals surface area contributed by atoms with Crippen molar-refractivity contribution in [1.29, 1.82) is 0 Å². The van der Waals surface area contributed by atoms with E-state index in [1.165, 1.54) is 18.2 Å². The van der Waals surface area contributed by atoms with Gasteiger partial charge in [0.1, 0.15) is 17.4 Å². The summed E-state index contributed by atoms with van der Waals surface area (Å²) in [7, 11) is -2.20. The van der Waals surface area contributed by atoms with Gasteiger partial charge in [0.25, 0.3) is 0 Å². The molecule has 4 N–H and O–H groups in total. The number of ether oxygens (including phenoxy) is 1. The number of nitrogens with zero attached hydrogens (tertiary/aromatic N) is 3. The van der Waals surface area contributed by atoms with Gasteiger partial charge in [-0.25, -0.2) is 9.97 Å². The van der Waals surface area contributed by atoms with E-state index in [1.807, 2.05) is 0 Å². The zero-order valence-corrected chi connectivity index (χ0v) is 20.3. The molecule has 1 amide bonds. The monoisotopic (exact) mass is 494 g/mol. The Morgan fingerprint density at radius 1 is 1.39 bits per heavy atom. The number of methoxy groups -OCH3 is 1. The van der Waals surface area contributed by atoms with Crippen molar-refractivity contribution in [2.24, 2.45) is 0 Å². The summed E-state index contributed by atoms with van der Waals surface area (Å²) in [4.78, 5) is 53.8. The van der Waals surface area contributed by atoms with Crippen LogP contribution in [-0.4, -0.2) is 56.2 Å². The maximum Gasteiger partial charge on any atom is 0.245 e. The normalized spacial score (nSPS) is 12.2. The number of rotatable bonds is 11. The largest absolute Gasteiger partial charge is 0.497 e. The lowest BCUT2D eigenvalue weighted by atomic mass is 10.2. The highest BCUT2D eigenvalue weighted by Crippen LogP contribution is 2.37. The number of aryl methyl sites for hydroxylation is 1. The summed E-state index contributed by atoms with van der Waals surface area (Å²) in [5.41, 5.74) is 7.37. The van der Waals surface area contributed by atoms with Gasteiger partial charge in [0.05, 0.1) is 20.3 Å². The number of anilines is 1. The Kier molecular flexibility index (Phi) is 9.63. The Bertz CT molecular complexity index is 1090. The first-order valence-electron chi connectivity index (χ1n) is 9.73. The van der Waals surface area contributed by atoms with Crippen LogP contribution >= 0.6 is 19.3 Å². The second-order valence-corrected chi connectivity index (χ2v) is 9.59.